The van der Waals surface area contributed by atoms with E-state index < -0.39 is 0 Å². The molecule has 0 aromatic rings. The topological polar surface area (TPSA) is 0 Å². The fourth-order valence-electron chi connectivity index (χ4n) is 0. The van der Waals surface area contributed by atoms with Crippen LogP contribution in [0.3, 0.4) is 0 Å². The second-order valence-corrected chi connectivity index (χ2v) is 0. The first kappa shape index (κ1) is 76.0. The molecule has 0 aromatic heterocycles. The van der Waals surface area contributed by atoms with Crippen LogP contribution in [0.4, 0.5) is 0 Å². The summed E-state index contributed by atoms with van der Waals surface area (Å²) in [6.07, 6.45) is 0. The molecule has 0 aliphatic carbocycles. The van der Waals surface area contributed by atoms with E-state index in [0.29, 0.717) is 0 Å². The predicted octanol–water partition coefficient (Wildman–Crippen LogP) is -18.0. The normalized spacial score (nSPS) is 0. The standard InChI is InChI=1S/6BrH.Mo/h6*1H;/p-6. The van der Waals surface area contributed by atoms with Gasteiger partial charge in [-0.25, -0.2) is 0 Å². The molecule has 0 bridgehead atoms. The minimum absolute atomic E-state index is 0. The summed E-state index contributed by atoms with van der Waals surface area (Å²) in [4.78, 5) is 0. The Labute approximate surface area is 121 Å². The molecule has 7 heteroatoms. The van der Waals surface area contributed by atoms with Crippen molar-refractivity contribution in [2.45, 2.75) is 0 Å². The van der Waals surface area contributed by atoms with Gasteiger partial charge in [-0.15, -0.1) is 0 Å². The van der Waals surface area contributed by atoms with Crippen molar-refractivity contribution in [1.29, 1.82) is 0 Å². The zero-order valence-corrected chi connectivity index (χ0v) is 14.2. The van der Waals surface area contributed by atoms with E-state index in [4.69, 9.17) is 0 Å². The Balaban J connectivity index is 0. The molecule has 0 saturated carbocycles. The molecule has 0 amide bonds. The molecule has 0 rings (SSSR count). The maximum atomic E-state index is 0. The molecular weight excluding hydrogens is 575 g/mol. The summed E-state index contributed by atoms with van der Waals surface area (Å²) in [6, 6.07) is 0. The maximum Gasteiger partial charge on any atom is 0 e. The molecule has 0 saturated heterocycles. The number of hydrogen-bond acceptors (Lipinski definition) is 0. The minimum Gasteiger partial charge on any atom is -1.00 e. The third-order valence-electron chi connectivity index (χ3n) is 0. The third kappa shape index (κ3) is 43.0. The van der Waals surface area contributed by atoms with Crippen LogP contribution in [-0.4, -0.2) is 0 Å². The van der Waals surface area contributed by atoms with Gasteiger partial charge in [0.15, 0.2) is 0 Å². The van der Waals surface area contributed by atoms with Crippen LogP contribution in [0.25, 0.3) is 0 Å². The van der Waals surface area contributed by atoms with Crippen molar-refractivity contribution < 1.29 is 123 Å². The van der Waals surface area contributed by atoms with Crippen molar-refractivity contribution in [1.82, 2.24) is 0 Å². The van der Waals surface area contributed by atoms with E-state index in [0.717, 1.165) is 0 Å². The average Bonchev–Trinajstić information content (AvgIpc) is 0. The molecule has 0 aromatic carbocycles. The summed E-state index contributed by atoms with van der Waals surface area (Å²) < 4.78 is 0. The van der Waals surface area contributed by atoms with Crippen LogP contribution in [0.15, 0.2) is 0 Å². The molecule has 0 spiro atoms. The van der Waals surface area contributed by atoms with Gasteiger partial charge in [0.05, 0.1) is 0 Å². The summed E-state index contributed by atoms with van der Waals surface area (Å²) in [7, 11) is 0. The summed E-state index contributed by atoms with van der Waals surface area (Å²) in [5.74, 6) is 0. The molecule has 7 heavy (non-hydrogen) atoms. The molecule has 0 fully saturated rings. The first-order chi connectivity index (χ1) is 0. The predicted molar refractivity (Wildman–Crippen MR) is 0 cm³/mol. The molecular formula is Br6Mo-6. The monoisotopic (exact) mass is 571 g/mol. The van der Waals surface area contributed by atoms with Crippen molar-refractivity contribution in [3.05, 3.63) is 0 Å². The van der Waals surface area contributed by atoms with E-state index in [9.17, 15) is 0 Å². The van der Waals surface area contributed by atoms with Crippen molar-refractivity contribution >= 4 is 0 Å². The summed E-state index contributed by atoms with van der Waals surface area (Å²) in [6.45, 7) is 0. The van der Waals surface area contributed by atoms with Crippen molar-refractivity contribution in [3.63, 3.8) is 0 Å². The Bertz CT molecular complexity index is 4.14. The second-order valence-electron chi connectivity index (χ2n) is 0. The van der Waals surface area contributed by atoms with Crippen LogP contribution in [0.1, 0.15) is 0 Å². The van der Waals surface area contributed by atoms with E-state index in [2.05, 4.69) is 0 Å². The van der Waals surface area contributed by atoms with Gasteiger partial charge in [0.2, 0.25) is 0 Å². The number of hydrogen-bond donors (Lipinski definition) is 0. The van der Waals surface area contributed by atoms with E-state index >= 15 is 0 Å². The fraction of sp³-hybridized carbons (Fsp3) is 0. The Morgan fingerprint density at radius 2 is 0.286 bits per heavy atom. The SMILES string of the molecule is [Br-].[Br-].[Br-].[Br-].[Br-].[Br-].[Mo]. The van der Waals surface area contributed by atoms with Gasteiger partial charge in [-0.05, 0) is 0 Å². The maximum absolute atomic E-state index is 0. The van der Waals surface area contributed by atoms with E-state index in [1.165, 1.54) is 0 Å². The third-order valence-corrected chi connectivity index (χ3v) is 0. The smallest absolute Gasteiger partial charge is 0 e. The van der Waals surface area contributed by atoms with Gasteiger partial charge in [-0.3, -0.25) is 0 Å². The van der Waals surface area contributed by atoms with Gasteiger partial charge < -0.3 is 102 Å². The molecule has 0 radical (unpaired) electrons. The van der Waals surface area contributed by atoms with Gasteiger partial charge in [0.1, 0.15) is 0 Å². The molecule has 0 aliphatic heterocycles. The Hall–Kier alpha value is 3.57. The molecule has 0 atom stereocenters. The van der Waals surface area contributed by atoms with Crippen molar-refractivity contribution in [3.8, 4) is 0 Å². The molecule has 0 N–H and O–H groups in total. The van der Waals surface area contributed by atoms with E-state index in [-0.39, 0.29) is 123 Å². The minimum atomic E-state index is 0. The number of halogens is 6. The average molecular weight is 575 g/mol. The van der Waals surface area contributed by atoms with E-state index in [1.54, 1.807) is 0 Å². The molecule has 54 valence electrons. The van der Waals surface area contributed by atoms with Gasteiger partial charge in [-0.1, -0.05) is 0 Å². The van der Waals surface area contributed by atoms with Crippen LogP contribution in [0.5, 0.6) is 0 Å². The fourth-order valence-corrected chi connectivity index (χ4v) is 0. The number of rotatable bonds is 0. The van der Waals surface area contributed by atoms with Gasteiger partial charge in [-0.2, -0.15) is 0 Å². The van der Waals surface area contributed by atoms with Crippen molar-refractivity contribution in [2.24, 2.45) is 0 Å². The summed E-state index contributed by atoms with van der Waals surface area (Å²) >= 11 is 0. The molecule has 0 nitrogen and oxygen atoms in total. The Morgan fingerprint density at radius 3 is 0.286 bits per heavy atom. The van der Waals surface area contributed by atoms with E-state index in [1.807, 2.05) is 0 Å². The largest absolute Gasteiger partial charge is 1.00 e. The second kappa shape index (κ2) is 55.2. The first-order valence-corrected chi connectivity index (χ1v) is 0. The summed E-state index contributed by atoms with van der Waals surface area (Å²) in [5.41, 5.74) is 0. The molecule has 0 unspecified atom stereocenters. The van der Waals surface area contributed by atoms with Crippen molar-refractivity contribution in [2.75, 3.05) is 0 Å². The Kier molecular flexibility index (Phi) is 599. The zero-order valence-electron chi connectivity index (χ0n) is 2.68. The Morgan fingerprint density at radius 1 is 0.286 bits per heavy atom. The van der Waals surface area contributed by atoms with Crippen LogP contribution < -0.4 is 102 Å². The molecule has 0 aliphatic rings. The quantitative estimate of drug-likeness (QED) is 0.252. The first-order valence-electron chi connectivity index (χ1n) is 0. The van der Waals surface area contributed by atoms with Crippen LogP contribution in [-0.2, 0) is 21.1 Å². The van der Waals surface area contributed by atoms with Crippen LogP contribution >= 0.6 is 0 Å². The van der Waals surface area contributed by atoms with Gasteiger partial charge in [0.25, 0.3) is 0 Å². The van der Waals surface area contributed by atoms with Gasteiger partial charge >= 0.3 is 0 Å². The van der Waals surface area contributed by atoms with Gasteiger partial charge in [0, 0.05) is 21.1 Å². The zero-order chi connectivity index (χ0) is 0. The summed E-state index contributed by atoms with van der Waals surface area (Å²) in [5, 5.41) is 0. The van der Waals surface area contributed by atoms with Crippen LogP contribution in [0.2, 0.25) is 0 Å². The van der Waals surface area contributed by atoms with Crippen LogP contribution in [0, 0.1) is 0 Å². The molecule has 0 heterocycles.